The largest absolute Gasteiger partial charge is 0.393 e. The van der Waals surface area contributed by atoms with E-state index in [0.717, 1.165) is 37.7 Å². The van der Waals surface area contributed by atoms with Gasteiger partial charge in [0.1, 0.15) is 0 Å². The van der Waals surface area contributed by atoms with Gasteiger partial charge in [-0.25, -0.2) is 0 Å². The van der Waals surface area contributed by atoms with Crippen molar-refractivity contribution in [3.8, 4) is 0 Å². The van der Waals surface area contributed by atoms with Crippen molar-refractivity contribution in [2.75, 3.05) is 6.61 Å². The van der Waals surface area contributed by atoms with E-state index in [1.807, 2.05) is 0 Å². The maximum Gasteiger partial charge on any atom is 0.0576 e. The van der Waals surface area contributed by atoms with Gasteiger partial charge in [-0.1, -0.05) is 13.8 Å². The van der Waals surface area contributed by atoms with Gasteiger partial charge in [0.2, 0.25) is 0 Å². The highest BCUT2D eigenvalue weighted by Gasteiger charge is 2.31. The smallest absolute Gasteiger partial charge is 0.0576 e. The summed E-state index contributed by atoms with van der Waals surface area (Å²) in [6, 6.07) is 0. The lowest BCUT2D eigenvalue weighted by Gasteiger charge is -2.35. The van der Waals surface area contributed by atoms with E-state index >= 15 is 0 Å². The number of aliphatic hydroxyl groups is 1. The van der Waals surface area contributed by atoms with Gasteiger partial charge in [-0.15, -0.1) is 0 Å². The first-order valence-electron chi connectivity index (χ1n) is 7.46. The van der Waals surface area contributed by atoms with E-state index in [9.17, 15) is 5.11 Å². The minimum Gasteiger partial charge on any atom is -0.393 e. The molecule has 0 spiro atoms. The molecule has 4 unspecified atom stereocenters. The number of ether oxygens (including phenoxy) is 1. The predicted octanol–water partition coefficient (Wildman–Crippen LogP) is 3.38. The second-order valence-corrected chi connectivity index (χ2v) is 6.36. The molecular formula is C15H28O2. The van der Waals surface area contributed by atoms with Crippen LogP contribution in [0.5, 0.6) is 0 Å². The zero-order chi connectivity index (χ0) is 12.3. The summed E-state index contributed by atoms with van der Waals surface area (Å²) < 4.78 is 5.67. The maximum absolute atomic E-state index is 10.1. The van der Waals surface area contributed by atoms with Crippen molar-refractivity contribution < 1.29 is 9.84 Å². The molecule has 1 N–H and O–H groups in total. The summed E-state index contributed by atoms with van der Waals surface area (Å²) in [4.78, 5) is 0. The van der Waals surface area contributed by atoms with E-state index in [1.54, 1.807) is 0 Å². The second kappa shape index (κ2) is 6.19. The fourth-order valence-corrected chi connectivity index (χ4v) is 3.47. The van der Waals surface area contributed by atoms with Crippen LogP contribution >= 0.6 is 0 Å². The van der Waals surface area contributed by atoms with Gasteiger partial charge >= 0.3 is 0 Å². The summed E-state index contributed by atoms with van der Waals surface area (Å²) in [5, 5.41) is 10.1. The van der Waals surface area contributed by atoms with E-state index in [1.165, 1.54) is 25.7 Å². The third kappa shape index (κ3) is 3.69. The summed E-state index contributed by atoms with van der Waals surface area (Å²) in [6.45, 7) is 5.59. The molecule has 1 saturated heterocycles. The van der Waals surface area contributed by atoms with E-state index in [0.29, 0.717) is 12.0 Å². The SMILES string of the molecule is CC(C)C1CCC(O)C(CCC2CCCO2)C1. The molecular weight excluding hydrogens is 212 g/mol. The molecule has 0 aromatic rings. The molecule has 1 saturated carbocycles. The van der Waals surface area contributed by atoms with Crippen molar-refractivity contribution in [2.45, 2.75) is 71.0 Å². The van der Waals surface area contributed by atoms with Crippen LogP contribution < -0.4 is 0 Å². The molecule has 17 heavy (non-hydrogen) atoms. The third-order valence-corrected chi connectivity index (χ3v) is 4.81. The first kappa shape index (κ1) is 13.4. The molecule has 2 fully saturated rings. The number of rotatable bonds is 4. The molecule has 0 aromatic heterocycles. The van der Waals surface area contributed by atoms with E-state index in [4.69, 9.17) is 4.74 Å². The molecule has 1 aliphatic heterocycles. The summed E-state index contributed by atoms with van der Waals surface area (Å²) in [5.41, 5.74) is 0. The Morgan fingerprint density at radius 3 is 2.65 bits per heavy atom. The van der Waals surface area contributed by atoms with Crippen LogP contribution in [-0.4, -0.2) is 23.9 Å². The van der Waals surface area contributed by atoms with Gasteiger partial charge in [0.15, 0.2) is 0 Å². The Balaban J connectivity index is 1.76. The van der Waals surface area contributed by atoms with Crippen LogP contribution in [0.1, 0.15) is 58.8 Å². The van der Waals surface area contributed by atoms with Crippen LogP contribution in [-0.2, 0) is 4.74 Å². The fourth-order valence-electron chi connectivity index (χ4n) is 3.47. The molecule has 2 heteroatoms. The Bertz CT molecular complexity index is 221. The number of hydrogen-bond donors (Lipinski definition) is 1. The average molecular weight is 240 g/mol. The van der Waals surface area contributed by atoms with Crippen LogP contribution in [0.3, 0.4) is 0 Å². The topological polar surface area (TPSA) is 29.5 Å². The van der Waals surface area contributed by atoms with Crippen molar-refractivity contribution in [3.05, 3.63) is 0 Å². The highest BCUT2D eigenvalue weighted by Crippen LogP contribution is 2.36. The highest BCUT2D eigenvalue weighted by molar-refractivity contribution is 4.82. The molecule has 2 aliphatic rings. The normalized spacial score (nSPS) is 38.8. The van der Waals surface area contributed by atoms with Gasteiger partial charge in [-0.3, -0.25) is 0 Å². The van der Waals surface area contributed by atoms with Gasteiger partial charge in [0, 0.05) is 6.61 Å². The Labute approximate surface area is 106 Å². The molecule has 1 aliphatic carbocycles. The lowest BCUT2D eigenvalue weighted by molar-refractivity contribution is 0.0220. The minimum atomic E-state index is -0.0496. The van der Waals surface area contributed by atoms with E-state index in [2.05, 4.69) is 13.8 Å². The monoisotopic (exact) mass is 240 g/mol. The van der Waals surface area contributed by atoms with Crippen LogP contribution in [0, 0.1) is 17.8 Å². The summed E-state index contributed by atoms with van der Waals surface area (Å²) in [7, 11) is 0. The van der Waals surface area contributed by atoms with Crippen LogP contribution in [0.25, 0.3) is 0 Å². The van der Waals surface area contributed by atoms with Gasteiger partial charge in [0.25, 0.3) is 0 Å². The quantitative estimate of drug-likeness (QED) is 0.816. The third-order valence-electron chi connectivity index (χ3n) is 4.81. The average Bonchev–Trinajstić information content (AvgIpc) is 2.80. The molecule has 0 radical (unpaired) electrons. The van der Waals surface area contributed by atoms with Crippen LogP contribution in [0.15, 0.2) is 0 Å². The Kier molecular flexibility index (Phi) is 4.87. The van der Waals surface area contributed by atoms with Crippen molar-refractivity contribution in [2.24, 2.45) is 17.8 Å². The zero-order valence-electron chi connectivity index (χ0n) is 11.4. The first-order valence-corrected chi connectivity index (χ1v) is 7.46. The molecule has 2 rings (SSSR count). The number of hydrogen-bond acceptors (Lipinski definition) is 2. The lowest BCUT2D eigenvalue weighted by atomic mass is 9.73. The van der Waals surface area contributed by atoms with Gasteiger partial charge < -0.3 is 9.84 Å². The first-order chi connectivity index (χ1) is 8.16. The Morgan fingerprint density at radius 1 is 1.18 bits per heavy atom. The van der Waals surface area contributed by atoms with Gasteiger partial charge in [-0.05, 0) is 62.7 Å². The van der Waals surface area contributed by atoms with Crippen LogP contribution in [0.4, 0.5) is 0 Å². The molecule has 4 atom stereocenters. The van der Waals surface area contributed by atoms with Gasteiger partial charge in [-0.2, -0.15) is 0 Å². The summed E-state index contributed by atoms with van der Waals surface area (Å²) in [6.07, 6.45) is 8.68. The van der Waals surface area contributed by atoms with Crippen molar-refractivity contribution in [1.29, 1.82) is 0 Å². The summed E-state index contributed by atoms with van der Waals surface area (Å²) in [5.74, 6) is 2.13. The summed E-state index contributed by atoms with van der Waals surface area (Å²) >= 11 is 0. The molecule has 0 amide bonds. The molecule has 2 nitrogen and oxygen atoms in total. The standard InChI is InChI=1S/C15H28O2/c1-11(2)12-6-8-15(16)13(10-12)5-7-14-4-3-9-17-14/h11-16H,3-10H2,1-2H3. The van der Waals surface area contributed by atoms with Crippen molar-refractivity contribution in [3.63, 3.8) is 0 Å². The lowest BCUT2D eigenvalue weighted by Crippen LogP contribution is -2.31. The molecule has 1 heterocycles. The van der Waals surface area contributed by atoms with Gasteiger partial charge in [0.05, 0.1) is 12.2 Å². The highest BCUT2D eigenvalue weighted by atomic mass is 16.5. The van der Waals surface area contributed by atoms with Crippen molar-refractivity contribution >= 4 is 0 Å². The zero-order valence-corrected chi connectivity index (χ0v) is 11.4. The predicted molar refractivity (Wildman–Crippen MR) is 69.9 cm³/mol. The maximum atomic E-state index is 10.1. The van der Waals surface area contributed by atoms with E-state index < -0.39 is 0 Å². The fraction of sp³-hybridized carbons (Fsp3) is 1.00. The molecule has 100 valence electrons. The number of aliphatic hydroxyl groups excluding tert-OH is 1. The van der Waals surface area contributed by atoms with Crippen molar-refractivity contribution in [1.82, 2.24) is 0 Å². The Hall–Kier alpha value is -0.0800. The molecule has 0 aromatic carbocycles. The van der Waals surface area contributed by atoms with Crippen LogP contribution in [0.2, 0.25) is 0 Å². The van der Waals surface area contributed by atoms with E-state index in [-0.39, 0.29) is 6.10 Å². The minimum absolute atomic E-state index is 0.0496. The Morgan fingerprint density at radius 2 is 2.00 bits per heavy atom. The second-order valence-electron chi connectivity index (χ2n) is 6.36. The molecule has 0 bridgehead atoms.